The molecule has 286 valence electrons. The first-order valence-corrected chi connectivity index (χ1v) is 20.8. The van der Waals surface area contributed by atoms with Crippen molar-refractivity contribution in [2.45, 2.75) is 12.8 Å². The number of allylic oxidation sites excluding steroid dienone is 3. The molecule has 60 heavy (non-hydrogen) atoms. The van der Waals surface area contributed by atoms with Crippen LogP contribution in [0.1, 0.15) is 24.0 Å². The van der Waals surface area contributed by atoms with Gasteiger partial charge in [-0.15, -0.1) is 0 Å². The fourth-order valence-electron chi connectivity index (χ4n) is 8.55. The highest BCUT2D eigenvalue weighted by Crippen LogP contribution is 2.43. The van der Waals surface area contributed by atoms with Crippen LogP contribution in [0.3, 0.4) is 0 Å². The van der Waals surface area contributed by atoms with E-state index in [0.29, 0.717) is 0 Å². The molecule has 1 aliphatic rings. The smallest absolute Gasteiger partial charge is 0.0540 e. The third-order valence-corrected chi connectivity index (χ3v) is 11.5. The summed E-state index contributed by atoms with van der Waals surface area (Å²) in [6, 6.07) is 76.4. The van der Waals surface area contributed by atoms with E-state index in [0.717, 1.165) is 46.7 Å². The predicted octanol–water partition coefficient (Wildman–Crippen LogP) is 16.3. The largest absolute Gasteiger partial charge is 0.310 e. The van der Waals surface area contributed by atoms with Crippen LogP contribution in [0.4, 0.5) is 28.4 Å². The normalized spacial score (nSPS) is 12.5. The fourth-order valence-corrected chi connectivity index (χ4v) is 8.55. The summed E-state index contributed by atoms with van der Waals surface area (Å²) in [5.74, 6) is 0. The molecule has 0 unspecified atom stereocenters. The average Bonchev–Trinajstić information content (AvgIpc) is 3.33. The van der Waals surface area contributed by atoms with E-state index in [1.165, 1.54) is 55.2 Å². The van der Waals surface area contributed by atoms with Crippen LogP contribution in [-0.2, 0) is 0 Å². The fraction of sp³-hybridized carbons (Fsp3) is 0.0345. The molecule has 2 heteroatoms. The van der Waals surface area contributed by atoms with E-state index in [2.05, 4.69) is 253 Å². The van der Waals surface area contributed by atoms with Gasteiger partial charge in [0.15, 0.2) is 0 Å². The summed E-state index contributed by atoms with van der Waals surface area (Å²) >= 11 is 0. The minimum atomic E-state index is 1.03. The van der Waals surface area contributed by atoms with Crippen LogP contribution >= 0.6 is 0 Å². The Balaban J connectivity index is 0.951. The van der Waals surface area contributed by atoms with Crippen molar-refractivity contribution in [1.82, 2.24) is 0 Å². The number of fused-ring (bicyclic) bond motifs is 2. The Morgan fingerprint density at radius 2 is 0.750 bits per heavy atom. The zero-order valence-corrected chi connectivity index (χ0v) is 33.4. The van der Waals surface area contributed by atoms with Gasteiger partial charge in [-0.25, -0.2) is 0 Å². The molecule has 2 nitrogen and oxygen atoms in total. The van der Waals surface area contributed by atoms with Gasteiger partial charge >= 0.3 is 0 Å². The maximum atomic E-state index is 2.41. The van der Waals surface area contributed by atoms with Gasteiger partial charge in [0.1, 0.15) is 0 Å². The maximum absolute atomic E-state index is 2.41. The molecule has 9 aromatic rings. The Labute approximate surface area is 353 Å². The molecule has 1 aliphatic carbocycles. The highest BCUT2D eigenvalue weighted by Gasteiger charge is 2.20. The van der Waals surface area contributed by atoms with Crippen molar-refractivity contribution in [2.75, 3.05) is 9.80 Å². The summed E-state index contributed by atoms with van der Waals surface area (Å²) in [4.78, 5) is 4.78. The van der Waals surface area contributed by atoms with E-state index in [1.54, 1.807) is 0 Å². The van der Waals surface area contributed by atoms with Crippen LogP contribution in [0.5, 0.6) is 0 Å². The van der Waals surface area contributed by atoms with Gasteiger partial charge in [-0.1, -0.05) is 188 Å². The van der Waals surface area contributed by atoms with Crippen molar-refractivity contribution in [3.05, 3.63) is 247 Å². The number of hydrogen-bond donors (Lipinski definition) is 0. The first-order chi connectivity index (χ1) is 29.8. The van der Waals surface area contributed by atoms with Crippen LogP contribution in [-0.4, -0.2) is 0 Å². The number of para-hydroxylation sites is 1. The van der Waals surface area contributed by atoms with Gasteiger partial charge in [0.2, 0.25) is 0 Å². The zero-order valence-electron chi connectivity index (χ0n) is 33.4. The van der Waals surface area contributed by atoms with Crippen LogP contribution in [0.25, 0.3) is 56.0 Å². The van der Waals surface area contributed by atoms with E-state index < -0.39 is 0 Å². The number of benzene rings is 9. The summed E-state index contributed by atoms with van der Waals surface area (Å²) in [5, 5.41) is 4.92. The molecule has 0 amide bonds. The highest BCUT2D eigenvalue weighted by atomic mass is 15.2. The van der Waals surface area contributed by atoms with E-state index in [-0.39, 0.29) is 0 Å². The average molecular weight is 769 g/mol. The van der Waals surface area contributed by atoms with Crippen LogP contribution in [0, 0.1) is 0 Å². The van der Waals surface area contributed by atoms with Gasteiger partial charge in [0.25, 0.3) is 0 Å². The SMILES string of the molecule is C1=CC(N(c2ccc(/C=C/c3ccc(N(c4ccccc4)c4ccc(-c5ccccc5)c5ccccc45)cc3)cc2)c2ccc(-c3ccccc3)c3ccccc23)=CCC1. The van der Waals surface area contributed by atoms with Gasteiger partial charge in [-0.3, -0.25) is 0 Å². The zero-order chi connectivity index (χ0) is 40.1. The van der Waals surface area contributed by atoms with Crippen molar-refractivity contribution in [3.63, 3.8) is 0 Å². The summed E-state index contributed by atoms with van der Waals surface area (Å²) in [6.07, 6.45) is 13.4. The minimum Gasteiger partial charge on any atom is -0.310 e. The van der Waals surface area contributed by atoms with Crippen LogP contribution in [0.15, 0.2) is 236 Å². The first-order valence-electron chi connectivity index (χ1n) is 20.8. The molecular weight excluding hydrogens is 725 g/mol. The van der Waals surface area contributed by atoms with Gasteiger partial charge in [-0.2, -0.15) is 0 Å². The molecule has 0 radical (unpaired) electrons. The van der Waals surface area contributed by atoms with E-state index >= 15 is 0 Å². The minimum absolute atomic E-state index is 1.03. The number of hydrogen-bond acceptors (Lipinski definition) is 2. The topological polar surface area (TPSA) is 6.48 Å². The van der Waals surface area contributed by atoms with Crippen molar-refractivity contribution in [1.29, 1.82) is 0 Å². The Morgan fingerprint density at radius 1 is 0.333 bits per heavy atom. The first kappa shape index (κ1) is 36.6. The van der Waals surface area contributed by atoms with E-state index in [1.807, 2.05) is 0 Å². The van der Waals surface area contributed by atoms with Crippen LogP contribution in [0.2, 0.25) is 0 Å². The quantitative estimate of drug-likeness (QED) is 0.128. The monoisotopic (exact) mass is 768 g/mol. The molecule has 0 aromatic heterocycles. The second-order valence-corrected chi connectivity index (χ2v) is 15.2. The van der Waals surface area contributed by atoms with Crippen molar-refractivity contribution in [3.8, 4) is 22.3 Å². The second-order valence-electron chi connectivity index (χ2n) is 15.2. The molecule has 0 bridgehead atoms. The Kier molecular flexibility index (Phi) is 10.2. The van der Waals surface area contributed by atoms with Gasteiger partial charge in [0.05, 0.1) is 11.4 Å². The molecule has 0 saturated heterocycles. The standard InChI is InChI=1S/C58H44N2/c1-5-17-45(18-6-1)51-39-41-57(55-27-15-13-25-53(51)55)59(47-21-9-3-10-22-47)49-35-31-43(32-36-49)29-30-44-33-37-50(38-34-44)60(48-23-11-4-12-24-48)58-42-40-52(46-19-7-2-8-20-46)54-26-14-16-28-56(54)58/h1-3,5-11,13-42H,4,12H2/b30-29+. The molecule has 0 heterocycles. The lowest BCUT2D eigenvalue weighted by atomic mass is 9.96. The molecule has 9 aromatic carbocycles. The summed E-state index contributed by atoms with van der Waals surface area (Å²) in [7, 11) is 0. The number of nitrogens with zero attached hydrogens (tertiary/aromatic N) is 2. The van der Waals surface area contributed by atoms with Crippen LogP contribution < -0.4 is 9.80 Å². The predicted molar refractivity (Wildman–Crippen MR) is 257 cm³/mol. The summed E-state index contributed by atoms with van der Waals surface area (Å²) < 4.78 is 0. The lowest BCUT2D eigenvalue weighted by molar-refractivity contribution is 0.998. The van der Waals surface area contributed by atoms with Crippen molar-refractivity contribution >= 4 is 62.1 Å². The molecule has 0 N–H and O–H groups in total. The van der Waals surface area contributed by atoms with E-state index in [9.17, 15) is 0 Å². The summed E-state index contributed by atoms with van der Waals surface area (Å²) in [5.41, 5.74) is 14.1. The third-order valence-electron chi connectivity index (χ3n) is 11.5. The third kappa shape index (κ3) is 7.32. The Bertz CT molecular complexity index is 3000. The highest BCUT2D eigenvalue weighted by molar-refractivity contribution is 6.07. The molecular formula is C58H44N2. The lowest BCUT2D eigenvalue weighted by Gasteiger charge is -2.29. The van der Waals surface area contributed by atoms with Gasteiger partial charge in [-0.05, 0) is 112 Å². The second kappa shape index (κ2) is 16.7. The Morgan fingerprint density at radius 3 is 1.23 bits per heavy atom. The number of anilines is 5. The van der Waals surface area contributed by atoms with Crippen molar-refractivity contribution < 1.29 is 0 Å². The van der Waals surface area contributed by atoms with Gasteiger partial charge in [0, 0.05) is 33.5 Å². The lowest BCUT2D eigenvalue weighted by Crippen LogP contribution is -2.16. The van der Waals surface area contributed by atoms with Crippen molar-refractivity contribution in [2.24, 2.45) is 0 Å². The molecule has 0 fully saturated rings. The molecule has 0 spiro atoms. The number of rotatable bonds is 10. The van der Waals surface area contributed by atoms with E-state index in [4.69, 9.17) is 0 Å². The molecule has 10 rings (SSSR count). The molecule has 0 atom stereocenters. The van der Waals surface area contributed by atoms with Gasteiger partial charge < -0.3 is 9.80 Å². The Hall–Kier alpha value is -7.68. The summed E-state index contributed by atoms with van der Waals surface area (Å²) in [6.45, 7) is 0. The molecule has 0 saturated carbocycles. The maximum Gasteiger partial charge on any atom is 0.0540 e. The molecule has 0 aliphatic heterocycles.